The third-order valence-electron chi connectivity index (χ3n) is 7.25. The van der Waals surface area contributed by atoms with Crippen LogP contribution in [0.2, 0.25) is 0 Å². The number of rotatable bonds is 9. The van der Waals surface area contributed by atoms with Gasteiger partial charge in [-0.3, -0.25) is 0 Å². The lowest BCUT2D eigenvalue weighted by Crippen LogP contribution is -2.42. The Morgan fingerprint density at radius 2 is 1.33 bits per heavy atom. The van der Waals surface area contributed by atoms with E-state index in [1.807, 2.05) is 48.5 Å². The number of nitrogens with one attached hydrogen (secondary N) is 1. The highest BCUT2D eigenvalue weighted by molar-refractivity contribution is 5.82. The molecular formula is C33H26F5NO4. The summed E-state index contributed by atoms with van der Waals surface area (Å²) in [6.45, 7) is -0.132. The normalized spacial score (nSPS) is 13.1. The van der Waals surface area contributed by atoms with Crippen LogP contribution in [0.5, 0.6) is 0 Å². The van der Waals surface area contributed by atoms with E-state index in [0.717, 1.165) is 22.3 Å². The number of carbonyl (C=O) groups is 2. The summed E-state index contributed by atoms with van der Waals surface area (Å²) in [5, 5.41) is 2.46. The molecule has 4 aromatic carbocycles. The van der Waals surface area contributed by atoms with Gasteiger partial charge in [0.15, 0.2) is 0 Å². The van der Waals surface area contributed by atoms with Crippen LogP contribution in [0.4, 0.5) is 26.7 Å². The highest BCUT2D eigenvalue weighted by atomic mass is 19.4. The van der Waals surface area contributed by atoms with E-state index in [2.05, 4.69) is 5.32 Å². The molecule has 10 heteroatoms. The van der Waals surface area contributed by atoms with Crippen molar-refractivity contribution >= 4 is 12.1 Å². The van der Waals surface area contributed by atoms with Crippen LogP contribution in [-0.4, -0.2) is 24.7 Å². The van der Waals surface area contributed by atoms with E-state index in [-0.39, 0.29) is 37.5 Å². The van der Waals surface area contributed by atoms with Gasteiger partial charge in [-0.15, -0.1) is 0 Å². The number of fused-ring (bicyclic) bond motifs is 3. The Morgan fingerprint density at radius 1 is 0.767 bits per heavy atom. The minimum absolute atomic E-state index is 0.0268. The van der Waals surface area contributed by atoms with Gasteiger partial charge in [-0.2, -0.15) is 13.2 Å². The number of hydrogen-bond donors (Lipinski definition) is 1. The van der Waals surface area contributed by atoms with Crippen molar-refractivity contribution in [2.45, 2.75) is 37.6 Å². The van der Waals surface area contributed by atoms with Gasteiger partial charge in [0.2, 0.25) is 0 Å². The molecule has 1 aliphatic rings. The van der Waals surface area contributed by atoms with E-state index in [9.17, 15) is 31.5 Å². The quantitative estimate of drug-likeness (QED) is 0.160. The van der Waals surface area contributed by atoms with E-state index < -0.39 is 41.5 Å². The molecule has 1 atom stereocenters. The first-order valence-corrected chi connectivity index (χ1v) is 13.5. The van der Waals surface area contributed by atoms with Crippen molar-refractivity contribution in [1.82, 2.24) is 5.32 Å². The molecule has 4 aromatic rings. The van der Waals surface area contributed by atoms with Gasteiger partial charge in [-0.1, -0.05) is 78.9 Å². The molecular weight excluding hydrogens is 569 g/mol. The molecule has 0 aromatic heterocycles. The zero-order valence-electron chi connectivity index (χ0n) is 22.7. The highest BCUT2D eigenvalue weighted by Crippen LogP contribution is 2.44. The number of alkyl carbamates (subject to hydrolysis) is 1. The van der Waals surface area contributed by atoms with Crippen LogP contribution in [0.1, 0.15) is 40.2 Å². The van der Waals surface area contributed by atoms with Crippen LogP contribution in [0, 0.1) is 11.6 Å². The second-order valence-corrected chi connectivity index (χ2v) is 10.1. The smallest absolute Gasteiger partial charge is 0.422 e. The first-order chi connectivity index (χ1) is 20.6. The Morgan fingerprint density at radius 3 is 1.91 bits per heavy atom. The number of alkyl halides is 3. The van der Waals surface area contributed by atoms with Gasteiger partial charge in [0.05, 0.1) is 0 Å². The van der Waals surface area contributed by atoms with Crippen molar-refractivity contribution in [2.24, 2.45) is 0 Å². The third kappa shape index (κ3) is 6.85. The molecule has 0 fully saturated rings. The van der Waals surface area contributed by atoms with Gasteiger partial charge in [0.1, 0.15) is 36.5 Å². The van der Waals surface area contributed by atoms with Crippen LogP contribution in [0.3, 0.4) is 0 Å². The van der Waals surface area contributed by atoms with E-state index in [1.165, 1.54) is 0 Å². The highest BCUT2D eigenvalue weighted by Gasteiger charge is 2.38. The Kier molecular flexibility index (Phi) is 8.75. The summed E-state index contributed by atoms with van der Waals surface area (Å²) < 4.78 is 78.1. The number of carbonyl (C=O) groups excluding carboxylic acids is 2. The van der Waals surface area contributed by atoms with Crippen LogP contribution in [0.25, 0.3) is 11.1 Å². The average molecular weight is 596 g/mol. The van der Waals surface area contributed by atoms with E-state index in [1.54, 1.807) is 30.3 Å². The zero-order valence-corrected chi connectivity index (χ0v) is 22.7. The first-order valence-electron chi connectivity index (χ1n) is 13.5. The summed E-state index contributed by atoms with van der Waals surface area (Å²) in [6, 6.07) is 24.1. The third-order valence-corrected chi connectivity index (χ3v) is 7.25. The summed E-state index contributed by atoms with van der Waals surface area (Å²) >= 11 is 0. The zero-order chi connectivity index (χ0) is 30.6. The van der Waals surface area contributed by atoms with Gasteiger partial charge in [-0.25, -0.2) is 18.4 Å². The molecule has 0 saturated heterocycles. The monoisotopic (exact) mass is 595 g/mol. The molecule has 1 N–H and O–H groups in total. The molecule has 0 bridgehead atoms. The van der Waals surface area contributed by atoms with Crippen molar-refractivity contribution in [3.05, 3.63) is 130 Å². The van der Waals surface area contributed by atoms with Crippen molar-refractivity contribution in [3.63, 3.8) is 0 Å². The maximum atomic E-state index is 14.1. The van der Waals surface area contributed by atoms with Crippen molar-refractivity contribution in [1.29, 1.82) is 0 Å². The molecule has 0 saturated carbocycles. The second-order valence-electron chi connectivity index (χ2n) is 10.1. The van der Waals surface area contributed by atoms with E-state index >= 15 is 0 Å². The molecule has 0 spiro atoms. The number of benzene rings is 4. The first kappa shape index (κ1) is 29.8. The lowest BCUT2D eigenvalue weighted by molar-refractivity contribution is -0.147. The van der Waals surface area contributed by atoms with Gasteiger partial charge >= 0.3 is 18.2 Å². The molecule has 1 amide bonds. The number of hydrogen-bond acceptors (Lipinski definition) is 4. The lowest BCUT2D eigenvalue weighted by atomic mass is 9.98. The number of halogens is 5. The maximum Gasteiger partial charge on any atom is 0.422 e. The fourth-order valence-electron chi connectivity index (χ4n) is 5.21. The van der Waals surface area contributed by atoms with Gasteiger partial charge in [0, 0.05) is 5.92 Å². The molecule has 0 aliphatic heterocycles. The minimum atomic E-state index is -5.21. The lowest BCUT2D eigenvalue weighted by Gasteiger charge is -2.20. The van der Waals surface area contributed by atoms with E-state index in [4.69, 9.17) is 9.47 Å². The summed E-state index contributed by atoms with van der Waals surface area (Å²) in [7, 11) is 0. The van der Waals surface area contributed by atoms with Crippen LogP contribution < -0.4 is 5.32 Å². The molecule has 1 unspecified atom stereocenters. The number of ether oxygens (including phenoxy) is 2. The standard InChI is InChI=1S/C33H26F5NO4/c34-27-16-21(17-28(35)30(27)33(36,37)38)14-15-29(31(40)42-18-20-8-2-1-3-9-20)39-32(41)43-19-26-24-12-6-4-10-22(24)23-11-5-7-13-25(23)26/h1-13,16-17,26,29H,14-15,18-19H2,(H,39,41). The topological polar surface area (TPSA) is 64.6 Å². The Bertz CT molecular complexity index is 1550. The van der Waals surface area contributed by atoms with Crippen LogP contribution in [-0.2, 0) is 33.5 Å². The van der Waals surface area contributed by atoms with Crippen molar-refractivity contribution in [3.8, 4) is 11.1 Å². The Hall–Kier alpha value is -4.73. The molecule has 0 heterocycles. The second kappa shape index (κ2) is 12.6. The summed E-state index contributed by atoms with van der Waals surface area (Å²) in [6.07, 6.45) is -6.58. The SMILES string of the molecule is O=C(NC(CCc1cc(F)c(C(F)(F)F)c(F)c1)C(=O)OCc1ccccc1)OCC1c2ccccc2-c2ccccc21. The molecule has 222 valence electrons. The molecule has 0 radical (unpaired) electrons. The van der Waals surface area contributed by atoms with Crippen molar-refractivity contribution < 1.29 is 41.0 Å². The number of esters is 1. The Balaban J connectivity index is 1.28. The predicted molar refractivity (Wildman–Crippen MR) is 148 cm³/mol. The number of aryl methyl sites for hydroxylation is 1. The van der Waals surface area contributed by atoms with Gasteiger partial charge < -0.3 is 14.8 Å². The van der Waals surface area contributed by atoms with Gasteiger partial charge in [0.25, 0.3) is 0 Å². The Labute approximate surface area is 244 Å². The molecule has 5 nitrogen and oxygen atoms in total. The number of amides is 1. The predicted octanol–water partition coefficient (Wildman–Crippen LogP) is 7.57. The largest absolute Gasteiger partial charge is 0.459 e. The summed E-state index contributed by atoms with van der Waals surface area (Å²) in [4.78, 5) is 25.9. The fraction of sp³-hybridized carbons (Fsp3) is 0.212. The fourth-order valence-corrected chi connectivity index (χ4v) is 5.21. The molecule has 1 aliphatic carbocycles. The van der Waals surface area contributed by atoms with Crippen LogP contribution >= 0.6 is 0 Å². The average Bonchev–Trinajstić information content (AvgIpc) is 3.30. The molecule has 5 rings (SSSR count). The van der Waals surface area contributed by atoms with Crippen LogP contribution in [0.15, 0.2) is 91.0 Å². The summed E-state index contributed by atoms with van der Waals surface area (Å²) in [5.74, 6) is -4.62. The van der Waals surface area contributed by atoms with Gasteiger partial charge in [-0.05, 0) is 58.4 Å². The van der Waals surface area contributed by atoms with E-state index in [0.29, 0.717) is 17.7 Å². The summed E-state index contributed by atoms with van der Waals surface area (Å²) in [5.41, 5.74) is 2.60. The minimum Gasteiger partial charge on any atom is -0.459 e. The maximum absolute atomic E-state index is 14.1. The molecule has 43 heavy (non-hydrogen) atoms. The van der Waals surface area contributed by atoms with Crippen molar-refractivity contribution in [2.75, 3.05) is 6.61 Å².